The molecule has 1 rings (SSSR count). The molecular formula is C12H11N3O5. The van der Waals surface area contributed by atoms with Gasteiger partial charge in [-0.3, -0.25) is 10.1 Å². The first-order chi connectivity index (χ1) is 9.52. The Kier molecular flexibility index (Phi) is 5.68. The molecule has 1 aromatic carbocycles. The van der Waals surface area contributed by atoms with Crippen LogP contribution in [0.1, 0.15) is 5.56 Å². The standard InChI is InChI=1S/C12H11N3O5/c13-5-8-3-1-2-4-9(8)14-12(19)15-10(16)6-20-7-11(17)18/h1-4H,6-7H2,(H,17,18)(H2,14,15,16,19). The van der Waals surface area contributed by atoms with Gasteiger partial charge in [-0.15, -0.1) is 0 Å². The summed E-state index contributed by atoms with van der Waals surface area (Å²) in [6.45, 7) is -1.19. The van der Waals surface area contributed by atoms with Crippen LogP contribution >= 0.6 is 0 Å². The Morgan fingerprint density at radius 1 is 1.25 bits per heavy atom. The number of aliphatic carboxylic acids is 1. The zero-order valence-electron chi connectivity index (χ0n) is 10.3. The number of benzene rings is 1. The molecule has 0 atom stereocenters. The molecule has 3 amide bonds. The molecule has 0 aliphatic carbocycles. The SMILES string of the molecule is N#Cc1ccccc1NC(=O)NC(=O)COCC(=O)O. The van der Waals surface area contributed by atoms with Crippen molar-refractivity contribution in [1.29, 1.82) is 5.26 Å². The molecule has 0 aliphatic heterocycles. The second-order valence-electron chi connectivity index (χ2n) is 3.55. The van der Waals surface area contributed by atoms with Gasteiger partial charge in [0.1, 0.15) is 19.3 Å². The van der Waals surface area contributed by atoms with Crippen molar-refractivity contribution >= 4 is 23.6 Å². The second kappa shape index (κ2) is 7.50. The summed E-state index contributed by atoms with van der Waals surface area (Å²) >= 11 is 0. The van der Waals surface area contributed by atoms with E-state index in [1.165, 1.54) is 12.1 Å². The van der Waals surface area contributed by atoms with E-state index in [4.69, 9.17) is 10.4 Å². The number of carbonyl (C=O) groups is 3. The maximum Gasteiger partial charge on any atom is 0.329 e. The molecule has 0 saturated carbocycles. The average Bonchev–Trinajstić information content (AvgIpc) is 2.38. The van der Waals surface area contributed by atoms with Crippen LogP contribution in [0.15, 0.2) is 24.3 Å². The number of hydrogen-bond donors (Lipinski definition) is 3. The number of nitrogens with zero attached hydrogens (tertiary/aromatic N) is 1. The van der Waals surface area contributed by atoms with Gasteiger partial charge in [0, 0.05) is 0 Å². The van der Waals surface area contributed by atoms with Crippen molar-refractivity contribution in [3.63, 3.8) is 0 Å². The van der Waals surface area contributed by atoms with Gasteiger partial charge < -0.3 is 15.2 Å². The predicted octanol–water partition coefficient (Wildman–Crippen LogP) is 0.308. The van der Waals surface area contributed by atoms with Gasteiger partial charge in [-0.25, -0.2) is 9.59 Å². The number of nitriles is 1. The molecule has 0 aliphatic rings. The first-order valence-electron chi connectivity index (χ1n) is 5.42. The number of imide groups is 1. The quantitative estimate of drug-likeness (QED) is 0.710. The molecule has 0 fully saturated rings. The molecule has 8 heteroatoms. The lowest BCUT2D eigenvalue weighted by atomic mass is 10.2. The van der Waals surface area contributed by atoms with Gasteiger partial charge in [-0.1, -0.05) is 12.1 Å². The fraction of sp³-hybridized carbons (Fsp3) is 0.167. The van der Waals surface area contributed by atoms with Crippen molar-refractivity contribution in [2.24, 2.45) is 0 Å². The number of ether oxygens (including phenoxy) is 1. The highest BCUT2D eigenvalue weighted by Crippen LogP contribution is 2.12. The third-order valence-corrected chi connectivity index (χ3v) is 2.01. The summed E-state index contributed by atoms with van der Waals surface area (Å²) in [7, 11) is 0. The number of carbonyl (C=O) groups excluding carboxylic acids is 2. The minimum absolute atomic E-state index is 0.247. The predicted molar refractivity (Wildman–Crippen MR) is 66.8 cm³/mol. The Bertz CT molecular complexity index is 564. The van der Waals surface area contributed by atoms with Crippen molar-refractivity contribution in [2.75, 3.05) is 18.5 Å². The summed E-state index contributed by atoms with van der Waals surface area (Å²) in [6, 6.07) is 7.31. The largest absolute Gasteiger partial charge is 0.480 e. The third kappa shape index (κ3) is 5.16. The minimum atomic E-state index is -1.22. The Labute approximate surface area is 114 Å². The molecule has 0 radical (unpaired) electrons. The molecule has 3 N–H and O–H groups in total. The lowest BCUT2D eigenvalue weighted by molar-refractivity contribution is -0.143. The van der Waals surface area contributed by atoms with Gasteiger partial charge in [-0.05, 0) is 12.1 Å². The van der Waals surface area contributed by atoms with Crippen molar-refractivity contribution in [1.82, 2.24) is 5.32 Å². The molecule has 20 heavy (non-hydrogen) atoms. The topological polar surface area (TPSA) is 129 Å². The van der Waals surface area contributed by atoms with Gasteiger partial charge in [0.15, 0.2) is 0 Å². The molecule has 0 unspecified atom stereocenters. The molecule has 104 valence electrons. The van der Waals surface area contributed by atoms with Crippen molar-refractivity contribution in [3.05, 3.63) is 29.8 Å². The van der Waals surface area contributed by atoms with E-state index in [9.17, 15) is 14.4 Å². The Morgan fingerprint density at radius 2 is 1.95 bits per heavy atom. The first-order valence-corrected chi connectivity index (χ1v) is 5.42. The second-order valence-corrected chi connectivity index (χ2v) is 3.55. The van der Waals surface area contributed by atoms with Crippen LogP contribution < -0.4 is 10.6 Å². The van der Waals surface area contributed by atoms with Crippen molar-refractivity contribution < 1.29 is 24.2 Å². The molecule has 0 heterocycles. The Morgan fingerprint density at radius 3 is 2.60 bits per heavy atom. The van der Waals surface area contributed by atoms with E-state index in [0.29, 0.717) is 0 Å². The highest BCUT2D eigenvalue weighted by atomic mass is 16.5. The smallest absolute Gasteiger partial charge is 0.329 e. The highest BCUT2D eigenvalue weighted by Gasteiger charge is 2.10. The molecule has 0 saturated heterocycles. The van der Waals surface area contributed by atoms with Crippen LogP contribution in [-0.4, -0.2) is 36.2 Å². The van der Waals surface area contributed by atoms with Crippen LogP contribution in [0.25, 0.3) is 0 Å². The highest BCUT2D eigenvalue weighted by molar-refractivity contribution is 6.02. The van der Waals surface area contributed by atoms with Gasteiger partial charge in [0.05, 0.1) is 11.3 Å². The van der Waals surface area contributed by atoms with E-state index in [1.807, 2.05) is 11.4 Å². The van der Waals surface area contributed by atoms with Crippen LogP contribution in [0.3, 0.4) is 0 Å². The number of urea groups is 1. The normalized spacial score (nSPS) is 9.35. The summed E-state index contributed by atoms with van der Waals surface area (Å²) in [5.74, 6) is -2.01. The van der Waals surface area contributed by atoms with Crippen molar-refractivity contribution in [2.45, 2.75) is 0 Å². The number of nitrogens with one attached hydrogen (secondary N) is 2. The third-order valence-electron chi connectivity index (χ3n) is 2.01. The molecule has 0 spiro atoms. The number of amides is 3. The van der Waals surface area contributed by atoms with Crippen LogP contribution in [0.5, 0.6) is 0 Å². The van der Waals surface area contributed by atoms with Crippen LogP contribution in [-0.2, 0) is 14.3 Å². The maximum absolute atomic E-state index is 11.5. The Hall–Kier alpha value is -2.92. The summed E-state index contributed by atoms with van der Waals surface area (Å²) in [4.78, 5) is 32.8. The number of rotatable bonds is 5. The lowest BCUT2D eigenvalue weighted by Crippen LogP contribution is -2.37. The zero-order valence-corrected chi connectivity index (χ0v) is 10.3. The molecule has 8 nitrogen and oxygen atoms in total. The number of carboxylic acids is 1. The fourth-order valence-corrected chi connectivity index (χ4v) is 1.24. The summed E-state index contributed by atoms with van der Waals surface area (Å²) in [6.07, 6.45) is 0. The van der Waals surface area contributed by atoms with E-state index < -0.39 is 31.1 Å². The van der Waals surface area contributed by atoms with Gasteiger partial charge in [0.25, 0.3) is 5.91 Å². The monoisotopic (exact) mass is 277 g/mol. The van der Waals surface area contributed by atoms with Crippen molar-refractivity contribution in [3.8, 4) is 6.07 Å². The zero-order chi connectivity index (χ0) is 15.0. The van der Waals surface area contributed by atoms with Gasteiger partial charge >= 0.3 is 12.0 Å². The summed E-state index contributed by atoms with van der Waals surface area (Å²) in [5, 5.41) is 21.4. The lowest BCUT2D eigenvalue weighted by Gasteiger charge is -2.07. The minimum Gasteiger partial charge on any atom is -0.480 e. The first kappa shape index (κ1) is 15.1. The maximum atomic E-state index is 11.5. The van der Waals surface area contributed by atoms with E-state index in [2.05, 4.69) is 10.1 Å². The van der Waals surface area contributed by atoms with E-state index >= 15 is 0 Å². The molecule has 0 aromatic heterocycles. The summed E-state index contributed by atoms with van der Waals surface area (Å²) < 4.78 is 4.51. The van der Waals surface area contributed by atoms with E-state index in [-0.39, 0.29) is 11.3 Å². The molecule has 1 aromatic rings. The van der Waals surface area contributed by atoms with Crippen LogP contribution in [0.4, 0.5) is 10.5 Å². The number of carboxylic acid groups (broad SMARTS) is 1. The molecule has 0 bridgehead atoms. The number of para-hydroxylation sites is 1. The van der Waals surface area contributed by atoms with E-state index in [0.717, 1.165) is 0 Å². The van der Waals surface area contributed by atoms with Gasteiger partial charge in [0.2, 0.25) is 0 Å². The average molecular weight is 277 g/mol. The number of anilines is 1. The van der Waals surface area contributed by atoms with Gasteiger partial charge in [-0.2, -0.15) is 5.26 Å². The fourth-order valence-electron chi connectivity index (χ4n) is 1.24. The molecular weight excluding hydrogens is 266 g/mol. The van der Waals surface area contributed by atoms with Crippen LogP contribution in [0.2, 0.25) is 0 Å². The number of hydrogen-bond acceptors (Lipinski definition) is 5. The van der Waals surface area contributed by atoms with Crippen LogP contribution in [0, 0.1) is 11.3 Å². The van der Waals surface area contributed by atoms with E-state index in [1.54, 1.807) is 12.1 Å². The summed E-state index contributed by atoms with van der Waals surface area (Å²) in [5.41, 5.74) is 0.504. The Balaban J connectivity index is 2.46.